The van der Waals surface area contributed by atoms with Gasteiger partial charge in [0.25, 0.3) is 5.91 Å². The fourth-order valence-corrected chi connectivity index (χ4v) is 4.79. The highest BCUT2D eigenvalue weighted by Gasteiger charge is 2.37. The van der Waals surface area contributed by atoms with E-state index in [-0.39, 0.29) is 12.3 Å². The van der Waals surface area contributed by atoms with Crippen LogP contribution in [0.2, 0.25) is 0 Å². The van der Waals surface area contributed by atoms with Crippen LogP contribution in [0.15, 0.2) is 41.8 Å². The second-order valence-corrected chi connectivity index (χ2v) is 8.25. The van der Waals surface area contributed by atoms with E-state index in [1.165, 1.54) is 24.0 Å². The second kappa shape index (κ2) is 8.16. The average Bonchev–Trinajstić information content (AvgIpc) is 3.57. The van der Waals surface area contributed by atoms with Crippen LogP contribution >= 0.6 is 11.3 Å². The molecule has 0 aliphatic carbocycles. The zero-order chi connectivity index (χ0) is 22.2. The van der Waals surface area contributed by atoms with Crippen LogP contribution in [0.25, 0.3) is 21.8 Å². The maximum absolute atomic E-state index is 12.3. The Morgan fingerprint density at radius 1 is 1.12 bits per heavy atom. The number of fused-ring (bicyclic) bond motifs is 1. The molecule has 2 aliphatic heterocycles. The molecule has 9 heteroatoms. The normalized spacial score (nSPS) is 15.0. The summed E-state index contributed by atoms with van der Waals surface area (Å²) in [5, 5.41) is 5.46. The number of thiazole rings is 1. The van der Waals surface area contributed by atoms with Crippen molar-refractivity contribution in [3.8, 4) is 33.3 Å². The minimum absolute atomic E-state index is 0.214. The van der Waals surface area contributed by atoms with E-state index in [1.807, 2.05) is 35.7 Å². The van der Waals surface area contributed by atoms with Gasteiger partial charge in [0.1, 0.15) is 22.2 Å². The molecule has 0 radical (unpaired) electrons. The summed E-state index contributed by atoms with van der Waals surface area (Å²) in [7, 11) is 2.81. The number of aromatic nitrogens is 1. The van der Waals surface area contributed by atoms with Crippen molar-refractivity contribution in [1.29, 1.82) is 0 Å². The monoisotopic (exact) mass is 451 g/mol. The third kappa shape index (κ3) is 3.44. The van der Waals surface area contributed by atoms with Gasteiger partial charge in [0.05, 0.1) is 26.5 Å². The van der Waals surface area contributed by atoms with Crippen molar-refractivity contribution in [2.24, 2.45) is 0 Å². The van der Waals surface area contributed by atoms with E-state index in [0.29, 0.717) is 18.0 Å². The Hall–Kier alpha value is -3.59. The minimum atomic E-state index is -0.725. The number of ether oxygens (including phenoxy) is 3. The highest BCUT2D eigenvalue weighted by atomic mass is 32.1. The zero-order valence-electron chi connectivity index (χ0n) is 17.7. The van der Waals surface area contributed by atoms with Crippen LogP contribution in [0.3, 0.4) is 0 Å². The Bertz CT molecular complexity index is 1210. The molecule has 2 amide bonds. The number of anilines is 1. The van der Waals surface area contributed by atoms with Gasteiger partial charge in [-0.25, -0.2) is 9.78 Å². The molecule has 0 saturated carbocycles. The van der Waals surface area contributed by atoms with E-state index in [1.54, 1.807) is 12.1 Å². The Balaban J connectivity index is 1.49. The van der Waals surface area contributed by atoms with Crippen molar-refractivity contribution in [3.05, 3.63) is 47.3 Å². The molecule has 0 unspecified atom stereocenters. The van der Waals surface area contributed by atoms with E-state index < -0.39 is 6.09 Å². The van der Waals surface area contributed by atoms with E-state index in [0.717, 1.165) is 45.6 Å². The van der Waals surface area contributed by atoms with Gasteiger partial charge < -0.3 is 14.2 Å². The predicted molar refractivity (Wildman–Crippen MR) is 120 cm³/mol. The molecular formula is C23H21N3O5S. The van der Waals surface area contributed by atoms with Gasteiger partial charge in [-0.15, -0.1) is 11.3 Å². The second-order valence-electron chi connectivity index (χ2n) is 7.39. The highest BCUT2D eigenvalue weighted by molar-refractivity contribution is 7.13. The first-order valence-electron chi connectivity index (χ1n) is 10.2. The van der Waals surface area contributed by atoms with Crippen LogP contribution in [0.4, 0.5) is 10.5 Å². The fraction of sp³-hybridized carbons (Fsp3) is 0.261. The average molecular weight is 452 g/mol. The Morgan fingerprint density at radius 2 is 1.97 bits per heavy atom. The number of benzene rings is 2. The fourth-order valence-electron chi connectivity index (χ4n) is 3.97. The summed E-state index contributed by atoms with van der Waals surface area (Å²) in [6, 6.07) is 11.8. The summed E-state index contributed by atoms with van der Waals surface area (Å²) in [5.41, 5.74) is 4.61. The van der Waals surface area contributed by atoms with Crippen LogP contribution in [0, 0.1) is 0 Å². The van der Waals surface area contributed by atoms with Crippen molar-refractivity contribution in [1.82, 2.24) is 9.99 Å². The van der Waals surface area contributed by atoms with Gasteiger partial charge in [-0.3, -0.25) is 9.80 Å². The quantitative estimate of drug-likeness (QED) is 0.590. The molecule has 1 saturated heterocycles. The lowest BCUT2D eigenvalue weighted by Gasteiger charge is -2.28. The number of amides is 2. The van der Waals surface area contributed by atoms with E-state index in [4.69, 9.17) is 19.2 Å². The van der Waals surface area contributed by atoms with Crippen molar-refractivity contribution >= 4 is 29.0 Å². The third-order valence-electron chi connectivity index (χ3n) is 5.56. The Labute approximate surface area is 188 Å². The number of carbonyl (C=O) groups excluding carboxylic acids is 2. The number of hydrogen-bond acceptors (Lipinski definition) is 8. The number of rotatable bonds is 4. The maximum Gasteiger partial charge on any atom is 0.435 e. The van der Waals surface area contributed by atoms with Crippen LogP contribution in [-0.4, -0.2) is 49.4 Å². The van der Waals surface area contributed by atoms with Gasteiger partial charge in [-0.05, 0) is 42.0 Å². The Kier molecular flexibility index (Phi) is 5.18. The number of nitrogens with zero attached hydrogens (tertiary/aromatic N) is 3. The molecule has 1 fully saturated rings. The molecule has 3 aromatic rings. The summed E-state index contributed by atoms with van der Waals surface area (Å²) in [4.78, 5) is 29.3. The summed E-state index contributed by atoms with van der Waals surface area (Å²) in [6.07, 6.45) is 0.399. The van der Waals surface area contributed by atoms with Crippen LogP contribution in [0.1, 0.15) is 12.0 Å². The Morgan fingerprint density at radius 3 is 2.78 bits per heavy atom. The molecule has 3 heterocycles. The van der Waals surface area contributed by atoms with Crippen molar-refractivity contribution in [3.63, 3.8) is 0 Å². The lowest BCUT2D eigenvalue weighted by Crippen LogP contribution is -2.43. The van der Waals surface area contributed by atoms with Crippen molar-refractivity contribution in [2.45, 2.75) is 12.8 Å². The topological polar surface area (TPSA) is 81.2 Å². The number of imide groups is 1. The van der Waals surface area contributed by atoms with E-state index >= 15 is 0 Å². The summed E-state index contributed by atoms with van der Waals surface area (Å²) < 4.78 is 15.9. The van der Waals surface area contributed by atoms with Gasteiger partial charge in [-0.1, -0.05) is 0 Å². The van der Waals surface area contributed by atoms with Crippen molar-refractivity contribution in [2.75, 3.05) is 32.4 Å². The largest absolute Gasteiger partial charge is 0.495 e. The number of hydrogen-bond donors (Lipinski definition) is 0. The molecule has 2 aliphatic rings. The first-order chi connectivity index (χ1) is 15.6. The van der Waals surface area contributed by atoms with E-state index in [9.17, 15) is 9.59 Å². The smallest absolute Gasteiger partial charge is 0.435 e. The summed E-state index contributed by atoms with van der Waals surface area (Å²) in [5.74, 6) is 1.17. The SMILES string of the molecule is COC(=O)N1C(=O)CCN1c1cc(-c2nc(-c3ccc4c(c3)CCO4)cs2)ccc1OC. The van der Waals surface area contributed by atoms with Crippen LogP contribution < -0.4 is 14.5 Å². The zero-order valence-corrected chi connectivity index (χ0v) is 18.5. The highest BCUT2D eigenvalue weighted by Crippen LogP contribution is 2.38. The molecular weight excluding hydrogens is 430 g/mol. The molecule has 8 nitrogen and oxygen atoms in total. The molecule has 2 aromatic carbocycles. The molecule has 0 N–H and O–H groups in total. The maximum atomic E-state index is 12.3. The first kappa shape index (κ1) is 20.3. The first-order valence-corrected chi connectivity index (χ1v) is 11.1. The van der Waals surface area contributed by atoms with Crippen LogP contribution in [0.5, 0.6) is 11.5 Å². The molecule has 164 valence electrons. The minimum Gasteiger partial charge on any atom is -0.495 e. The molecule has 1 aromatic heterocycles. The summed E-state index contributed by atoms with van der Waals surface area (Å²) in [6.45, 7) is 1.07. The molecule has 5 rings (SSSR count). The van der Waals surface area contributed by atoms with Gasteiger partial charge in [0, 0.05) is 35.9 Å². The van der Waals surface area contributed by atoms with Gasteiger partial charge >= 0.3 is 6.09 Å². The van der Waals surface area contributed by atoms with Crippen molar-refractivity contribution < 1.29 is 23.8 Å². The third-order valence-corrected chi connectivity index (χ3v) is 6.45. The lowest BCUT2D eigenvalue weighted by atomic mass is 10.1. The predicted octanol–water partition coefficient (Wildman–Crippen LogP) is 4.14. The number of carbonyl (C=O) groups is 2. The number of hydrazine groups is 1. The van der Waals surface area contributed by atoms with Crippen LogP contribution in [-0.2, 0) is 16.0 Å². The lowest BCUT2D eigenvalue weighted by molar-refractivity contribution is -0.126. The van der Waals surface area contributed by atoms with E-state index in [2.05, 4.69) is 6.07 Å². The molecule has 0 spiro atoms. The van der Waals surface area contributed by atoms with Gasteiger partial charge in [-0.2, -0.15) is 5.01 Å². The summed E-state index contributed by atoms with van der Waals surface area (Å²) >= 11 is 1.53. The standard InChI is InChI=1S/C23H21N3O5S/c1-29-20-6-4-16(12-18(20)25-9-7-21(27)26(25)23(28)30-2)22-24-17(13-32-22)14-3-5-19-15(11-14)8-10-31-19/h3-6,11-13H,7-10H2,1-2H3. The van der Waals surface area contributed by atoms with Gasteiger partial charge in [0.2, 0.25) is 0 Å². The molecule has 32 heavy (non-hydrogen) atoms. The molecule has 0 bridgehead atoms. The van der Waals surface area contributed by atoms with Gasteiger partial charge in [0.15, 0.2) is 0 Å². The number of methoxy groups -OCH3 is 2. The molecule has 0 atom stereocenters.